The first kappa shape index (κ1) is 23.1. The van der Waals surface area contributed by atoms with Crippen molar-refractivity contribution in [3.05, 3.63) is 47.5 Å². The van der Waals surface area contributed by atoms with Crippen molar-refractivity contribution < 1.29 is 8.42 Å². The fourth-order valence-electron chi connectivity index (χ4n) is 5.28. The first-order valence-electron chi connectivity index (χ1n) is 11.9. The molecule has 0 unspecified atom stereocenters. The summed E-state index contributed by atoms with van der Waals surface area (Å²) in [4.78, 5) is 0.0969. The lowest BCUT2D eigenvalue weighted by atomic mass is 9.79. The number of rotatable bonds is 7. The molecule has 180 valence electrons. The molecule has 34 heavy (non-hydrogen) atoms. The van der Waals surface area contributed by atoms with E-state index >= 15 is 0 Å². The molecule has 5 rings (SSSR count). The van der Waals surface area contributed by atoms with Gasteiger partial charge < -0.3 is 11.1 Å². The second kappa shape index (κ2) is 9.53. The number of sulfonamides is 1. The molecule has 1 aliphatic carbocycles. The molecule has 1 saturated heterocycles. The average molecular weight is 482 g/mol. The zero-order valence-electron chi connectivity index (χ0n) is 19.1. The van der Waals surface area contributed by atoms with Gasteiger partial charge in [-0.1, -0.05) is 36.4 Å². The molecule has 2 fully saturated rings. The highest BCUT2D eigenvalue weighted by atomic mass is 32.2. The van der Waals surface area contributed by atoms with E-state index in [1.807, 2.05) is 24.3 Å². The SMILES string of the molecule is NCC1CCC(Cc2ccc(-c3ccc(C4CNC4)cc3)c(-c3nn[nH]n3)c2S(N)(=O)=O)CC1. The highest BCUT2D eigenvalue weighted by Gasteiger charge is 2.29. The van der Waals surface area contributed by atoms with Gasteiger partial charge in [-0.05, 0) is 78.0 Å². The minimum atomic E-state index is -4.05. The van der Waals surface area contributed by atoms with Gasteiger partial charge in [0.2, 0.25) is 15.8 Å². The first-order valence-corrected chi connectivity index (χ1v) is 13.4. The van der Waals surface area contributed by atoms with Crippen LogP contribution in [0.5, 0.6) is 0 Å². The number of nitrogens with two attached hydrogens (primary N) is 2. The Balaban J connectivity index is 1.57. The summed E-state index contributed by atoms with van der Waals surface area (Å²) in [5.41, 5.74) is 9.83. The van der Waals surface area contributed by atoms with Crippen molar-refractivity contribution in [1.82, 2.24) is 25.9 Å². The van der Waals surface area contributed by atoms with Gasteiger partial charge in [-0.3, -0.25) is 0 Å². The Bertz CT molecular complexity index is 1230. The summed E-state index contributed by atoms with van der Waals surface area (Å²) in [7, 11) is -4.05. The summed E-state index contributed by atoms with van der Waals surface area (Å²) < 4.78 is 25.9. The molecule has 2 heterocycles. The van der Waals surface area contributed by atoms with Crippen molar-refractivity contribution in [1.29, 1.82) is 0 Å². The van der Waals surface area contributed by atoms with Gasteiger partial charge in [0.15, 0.2) is 0 Å². The maximum Gasteiger partial charge on any atom is 0.239 e. The zero-order chi connectivity index (χ0) is 23.7. The number of aromatic nitrogens is 4. The van der Waals surface area contributed by atoms with Gasteiger partial charge in [0, 0.05) is 19.0 Å². The van der Waals surface area contributed by atoms with Crippen molar-refractivity contribution in [2.75, 3.05) is 19.6 Å². The molecule has 2 aromatic carbocycles. The van der Waals surface area contributed by atoms with Crippen LogP contribution in [-0.2, 0) is 16.4 Å². The maximum absolute atomic E-state index is 13.0. The van der Waals surface area contributed by atoms with Crippen LogP contribution in [0.4, 0.5) is 0 Å². The number of primary sulfonamides is 1. The molecule has 0 bridgehead atoms. The second-order valence-electron chi connectivity index (χ2n) is 9.56. The van der Waals surface area contributed by atoms with Gasteiger partial charge in [0.05, 0.1) is 10.5 Å². The number of aromatic amines is 1. The topological polar surface area (TPSA) is 153 Å². The number of nitrogens with one attached hydrogen (secondary N) is 2. The van der Waals surface area contributed by atoms with Gasteiger partial charge in [-0.25, -0.2) is 13.6 Å². The summed E-state index contributed by atoms with van der Waals surface area (Å²) in [6, 6.07) is 12.1. The van der Waals surface area contributed by atoms with Crippen LogP contribution in [0.15, 0.2) is 41.3 Å². The van der Waals surface area contributed by atoms with E-state index in [2.05, 4.69) is 38.1 Å². The molecular formula is C24H31N7O2S. The summed E-state index contributed by atoms with van der Waals surface area (Å²) in [6.45, 7) is 2.66. The number of hydrogen-bond donors (Lipinski definition) is 4. The van der Waals surface area contributed by atoms with Crippen LogP contribution in [0.1, 0.15) is 42.7 Å². The van der Waals surface area contributed by atoms with Crippen molar-refractivity contribution in [2.24, 2.45) is 22.7 Å². The predicted molar refractivity (Wildman–Crippen MR) is 130 cm³/mol. The van der Waals surface area contributed by atoms with E-state index in [0.29, 0.717) is 41.8 Å². The standard InChI is InChI=1S/C24H31N7O2S/c25-12-16-3-1-15(2-4-16)11-19-9-10-21(18-7-5-17(6-8-18)20-13-27-14-20)22(23(19)34(26,32)33)24-28-30-31-29-24/h5-10,15-16,20,27H,1-4,11-14,25H2,(H2,26,32,33)(H,28,29,30,31). The Morgan fingerprint density at radius 2 is 1.68 bits per heavy atom. The third-order valence-corrected chi connectivity index (χ3v) is 8.41. The Morgan fingerprint density at radius 1 is 0.971 bits per heavy atom. The Morgan fingerprint density at radius 3 is 2.24 bits per heavy atom. The molecule has 0 amide bonds. The summed E-state index contributed by atoms with van der Waals surface area (Å²) >= 11 is 0. The van der Waals surface area contributed by atoms with Crippen LogP contribution in [-0.4, -0.2) is 48.7 Å². The molecule has 1 saturated carbocycles. The summed E-state index contributed by atoms with van der Waals surface area (Å²) in [5.74, 6) is 1.69. The fraction of sp³-hybridized carbons (Fsp3) is 0.458. The molecule has 0 atom stereocenters. The average Bonchev–Trinajstić information content (AvgIpc) is 3.33. The molecule has 9 nitrogen and oxygen atoms in total. The minimum Gasteiger partial charge on any atom is -0.330 e. The lowest BCUT2D eigenvalue weighted by Gasteiger charge is -2.28. The Labute approximate surface area is 199 Å². The van der Waals surface area contributed by atoms with Crippen LogP contribution < -0.4 is 16.2 Å². The van der Waals surface area contributed by atoms with Crippen molar-refractivity contribution >= 4 is 10.0 Å². The minimum absolute atomic E-state index is 0.0969. The monoisotopic (exact) mass is 481 g/mol. The zero-order valence-corrected chi connectivity index (χ0v) is 19.9. The molecule has 3 aromatic rings. The molecular weight excluding hydrogens is 450 g/mol. The highest BCUT2D eigenvalue weighted by molar-refractivity contribution is 7.89. The summed E-state index contributed by atoms with van der Waals surface area (Å²) in [5, 5.41) is 23.5. The predicted octanol–water partition coefficient (Wildman–Crippen LogP) is 2.18. The van der Waals surface area contributed by atoms with E-state index in [1.165, 1.54) is 5.56 Å². The van der Waals surface area contributed by atoms with E-state index in [1.54, 1.807) is 0 Å². The van der Waals surface area contributed by atoms with Crippen LogP contribution in [0.3, 0.4) is 0 Å². The van der Waals surface area contributed by atoms with Crippen LogP contribution >= 0.6 is 0 Å². The molecule has 1 aromatic heterocycles. The van der Waals surface area contributed by atoms with Gasteiger partial charge in [-0.15, -0.1) is 10.2 Å². The smallest absolute Gasteiger partial charge is 0.239 e. The van der Waals surface area contributed by atoms with E-state index in [-0.39, 0.29) is 10.7 Å². The number of benzene rings is 2. The van der Waals surface area contributed by atoms with Crippen molar-refractivity contribution in [2.45, 2.75) is 42.9 Å². The fourth-order valence-corrected chi connectivity index (χ4v) is 6.29. The lowest BCUT2D eigenvalue weighted by Crippen LogP contribution is -2.39. The highest BCUT2D eigenvalue weighted by Crippen LogP contribution is 2.40. The molecule has 0 radical (unpaired) electrons. The molecule has 6 N–H and O–H groups in total. The summed E-state index contributed by atoms with van der Waals surface area (Å²) in [6.07, 6.45) is 4.85. The van der Waals surface area contributed by atoms with E-state index < -0.39 is 10.0 Å². The molecule has 1 aliphatic heterocycles. The second-order valence-corrected chi connectivity index (χ2v) is 11.1. The number of tetrazole rings is 1. The van der Waals surface area contributed by atoms with Crippen molar-refractivity contribution in [3.8, 4) is 22.5 Å². The van der Waals surface area contributed by atoms with E-state index in [4.69, 9.17) is 10.9 Å². The molecule has 2 aliphatic rings. The Kier molecular flexibility index (Phi) is 6.48. The number of H-pyrrole nitrogens is 1. The van der Waals surface area contributed by atoms with Gasteiger partial charge in [0.1, 0.15) is 0 Å². The third kappa shape index (κ3) is 4.63. The van der Waals surface area contributed by atoms with Crippen LogP contribution in [0.2, 0.25) is 0 Å². The van der Waals surface area contributed by atoms with Crippen molar-refractivity contribution in [3.63, 3.8) is 0 Å². The quantitative estimate of drug-likeness (QED) is 0.403. The lowest BCUT2D eigenvalue weighted by molar-refractivity contribution is 0.278. The van der Waals surface area contributed by atoms with Gasteiger partial charge in [0.25, 0.3) is 0 Å². The molecule has 0 spiro atoms. The van der Waals surface area contributed by atoms with Gasteiger partial charge in [-0.2, -0.15) is 5.21 Å². The van der Waals surface area contributed by atoms with E-state index in [9.17, 15) is 8.42 Å². The first-order chi connectivity index (χ1) is 16.4. The largest absolute Gasteiger partial charge is 0.330 e. The van der Waals surface area contributed by atoms with Crippen LogP contribution in [0, 0.1) is 11.8 Å². The van der Waals surface area contributed by atoms with Gasteiger partial charge >= 0.3 is 0 Å². The number of nitrogens with zero attached hydrogens (tertiary/aromatic N) is 3. The maximum atomic E-state index is 13.0. The third-order valence-electron chi connectivity index (χ3n) is 7.38. The van der Waals surface area contributed by atoms with Crippen LogP contribution in [0.25, 0.3) is 22.5 Å². The van der Waals surface area contributed by atoms with E-state index in [0.717, 1.165) is 49.9 Å². The normalized spacial score (nSPS) is 21.4. The number of hydrogen-bond acceptors (Lipinski definition) is 7. The molecule has 10 heteroatoms. The Hall–Kier alpha value is -2.66.